The molecule has 0 spiro atoms. The van der Waals surface area contributed by atoms with E-state index in [0.717, 1.165) is 51.4 Å². The number of carbonyl (C=O) groups is 1. The molecule has 2 N–H and O–H groups in total. The van der Waals surface area contributed by atoms with Gasteiger partial charge in [0.25, 0.3) is 5.91 Å². The van der Waals surface area contributed by atoms with Crippen LogP contribution in [0.2, 0.25) is 0 Å². The minimum Gasteiger partial charge on any atom is -0.337 e. The number of fused-ring (bicyclic) bond motifs is 2. The summed E-state index contributed by atoms with van der Waals surface area (Å²) < 4.78 is 1.08. The van der Waals surface area contributed by atoms with Gasteiger partial charge in [-0.3, -0.25) is 4.79 Å². The maximum Gasteiger partial charge on any atom is 0.264 e. The van der Waals surface area contributed by atoms with Crippen molar-refractivity contribution in [1.82, 2.24) is 15.2 Å². The molecule has 2 aliphatic heterocycles. The van der Waals surface area contributed by atoms with Gasteiger partial charge < -0.3 is 15.5 Å². The number of para-hydroxylation sites is 1. The number of benzene rings is 1. The van der Waals surface area contributed by atoms with Crippen LogP contribution in [0.1, 0.15) is 9.67 Å². The van der Waals surface area contributed by atoms with Gasteiger partial charge in [0.05, 0.1) is 9.58 Å². The maximum absolute atomic E-state index is 12.8. The van der Waals surface area contributed by atoms with E-state index in [1.54, 1.807) is 11.3 Å². The van der Waals surface area contributed by atoms with E-state index < -0.39 is 0 Å². The first-order valence-electron chi connectivity index (χ1n) is 8.49. The molecule has 5 rings (SSSR count). The zero-order chi connectivity index (χ0) is 16.8. The van der Waals surface area contributed by atoms with Crippen LogP contribution in [0.5, 0.6) is 0 Å². The summed E-state index contributed by atoms with van der Waals surface area (Å²) in [4.78, 5) is 21.2. The zero-order valence-electron chi connectivity index (χ0n) is 13.6. The lowest BCUT2D eigenvalue weighted by Gasteiger charge is -2.16. The number of hydrogen-bond donors (Lipinski definition) is 2. The van der Waals surface area contributed by atoms with Crippen molar-refractivity contribution in [3.05, 3.63) is 41.3 Å². The Labute approximate surface area is 153 Å². The van der Waals surface area contributed by atoms with Gasteiger partial charge in [-0.2, -0.15) is 0 Å². The van der Waals surface area contributed by atoms with Crippen LogP contribution in [0.3, 0.4) is 0 Å². The minimum atomic E-state index is 0.169. The van der Waals surface area contributed by atoms with Crippen LogP contribution in [0.4, 0.5) is 10.8 Å². The lowest BCUT2D eigenvalue weighted by molar-refractivity contribution is 0.0786. The average Bonchev–Trinajstić information content (AvgIpc) is 3.33. The Hall–Kier alpha value is -1.96. The summed E-state index contributed by atoms with van der Waals surface area (Å²) in [6.45, 7) is 3.86. The molecule has 2 saturated heterocycles. The van der Waals surface area contributed by atoms with Crippen molar-refractivity contribution in [1.29, 1.82) is 0 Å². The number of nitrogens with one attached hydrogen (secondary N) is 2. The number of rotatable bonds is 3. The van der Waals surface area contributed by atoms with E-state index in [1.165, 1.54) is 11.3 Å². The summed E-state index contributed by atoms with van der Waals surface area (Å²) in [5, 5.41) is 7.61. The molecule has 25 heavy (non-hydrogen) atoms. The van der Waals surface area contributed by atoms with E-state index in [4.69, 9.17) is 0 Å². The van der Waals surface area contributed by atoms with E-state index in [2.05, 4.69) is 15.6 Å². The third-order valence-electron chi connectivity index (χ3n) is 5.00. The van der Waals surface area contributed by atoms with Gasteiger partial charge in [-0.15, -0.1) is 11.3 Å². The number of hydrogen-bond acceptors (Lipinski definition) is 6. The summed E-state index contributed by atoms with van der Waals surface area (Å²) in [5.74, 6) is 1.43. The topological polar surface area (TPSA) is 57.3 Å². The number of amides is 1. The summed E-state index contributed by atoms with van der Waals surface area (Å²) >= 11 is 3.10. The number of likely N-dealkylation sites (tertiary alicyclic amines) is 1. The van der Waals surface area contributed by atoms with Crippen LogP contribution in [0.15, 0.2) is 36.4 Å². The molecule has 0 radical (unpaired) electrons. The molecule has 5 nitrogen and oxygen atoms in total. The van der Waals surface area contributed by atoms with Gasteiger partial charge in [0, 0.05) is 31.9 Å². The molecule has 4 heterocycles. The smallest absolute Gasteiger partial charge is 0.264 e. The van der Waals surface area contributed by atoms with Crippen LogP contribution in [0, 0.1) is 11.8 Å². The third-order valence-corrected chi connectivity index (χ3v) is 7.07. The van der Waals surface area contributed by atoms with Crippen molar-refractivity contribution < 1.29 is 4.79 Å². The highest BCUT2D eigenvalue weighted by atomic mass is 32.1. The van der Waals surface area contributed by atoms with Crippen molar-refractivity contribution in [3.63, 3.8) is 0 Å². The molecule has 128 valence electrons. The highest BCUT2D eigenvalue weighted by Gasteiger charge is 2.38. The molecule has 0 saturated carbocycles. The van der Waals surface area contributed by atoms with Crippen molar-refractivity contribution in [2.24, 2.45) is 11.8 Å². The number of carbonyl (C=O) groups excluding carboxylic acids is 1. The summed E-state index contributed by atoms with van der Waals surface area (Å²) in [6.07, 6.45) is 0. The fourth-order valence-electron chi connectivity index (χ4n) is 3.72. The normalized spacial score (nSPS) is 22.5. The molecule has 0 bridgehead atoms. The molecule has 1 aromatic carbocycles. The monoisotopic (exact) mass is 370 g/mol. The van der Waals surface area contributed by atoms with E-state index >= 15 is 0 Å². The first kappa shape index (κ1) is 15.3. The number of aromatic nitrogens is 1. The van der Waals surface area contributed by atoms with Crippen LogP contribution in [0.25, 0.3) is 9.53 Å². The largest absolute Gasteiger partial charge is 0.337 e. The Kier molecular flexibility index (Phi) is 3.73. The second-order valence-electron chi connectivity index (χ2n) is 6.68. The van der Waals surface area contributed by atoms with E-state index in [9.17, 15) is 4.79 Å². The van der Waals surface area contributed by atoms with Gasteiger partial charge in [-0.05, 0) is 30.0 Å². The standard InChI is InChI=1S/C18H18N4OS2/c23-17(22-9-11-7-19-8-12(11)10-22)15-6-14-16(24-15)21-18(25-14)20-13-4-2-1-3-5-13/h1-6,11-12,19H,7-10H2,(H,20,21)/t11-,12+. The van der Waals surface area contributed by atoms with Gasteiger partial charge >= 0.3 is 0 Å². The van der Waals surface area contributed by atoms with Crippen molar-refractivity contribution in [2.45, 2.75) is 0 Å². The first-order chi connectivity index (χ1) is 12.3. The molecule has 3 aromatic rings. The predicted octanol–water partition coefficient (Wildman–Crippen LogP) is 3.39. The van der Waals surface area contributed by atoms with E-state index in [1.807, 2.05) is 41.3 Å². The second-order valence-corrected chi connectivity index (χ2v) is 8.74. The zero-order valence-corrected chi connectivity index (χ0v) is 15.2. The second kappa shape index (κ2) is 6.09. The molecule has 1 amide bonds. The van der Waals surface area contributed by atoms with Gasteiger partial charge in [0.15, 0.2) is 5.13 Å². The number of anilines is 2. The average molecular weight is 371 g/mol. The lowest BCUT2D eigenvalue weighted by atomic mass is 10.0. The van der Waals surface area contributed by atoms with Crippen molar-refractivity contribution in [2.75, 3.05) is 31.5 Å². The Bertz CT molecular complexity index is 876. The Morgan fingerprint density at radius 3 is 2.64 bits per heavy atom. The first-order valence-corrected chi connectivity index (χ1v) is 10.1. The fraction of sp³-hybridized carbons (Fsp3) is 0.333. The molecule has 2 aromatic heterocycles. The molecular weight excluding hydrogens is 352 g/mol. The predicted molar refractivity (Wildman–Crippen MR) is 103 cm³/mol. The number of thiazole rings is 1. The number of thiophene rings is 1. The minimum absolute atomic E-state index is 0.169. The Morgan fingerprint density at radius 2 is 1.92 bits per heavy atom. The quantitative estimate of drug-likeness (QED) is 0.742. The maximum atomic E-state index is 12.8. The van der Waals surface area contributed by atoms with Crippen molar-refractivity contribution in [3.8, 4) is 0 Å². The van der Waals surface area contributed by atoms with Crippen molar-refractivity contribution >= 4 is 48.9 Å². The Morgan fingerprint density at radius 1 is 1.16 bits per heavy atom. The highest BCUT2D eigenvalue weighted by molar-refractivity contribution is 7.29. The molecule has 0 unspecified atom stereocenters. The van der Waals surface area contributed by atoms with Crippen LogP contribution in [-0.2, 0) is 0 Å². The lowest BCUT2D eigenvalue weighted by Crippen LogP contribution is -2.31. The van der Waals surface area contributed by atoms with Gasteiger partial charge in [0.2, 0.25) is 0 Å². The SMILES string of the molecule is O=C(c1cc2sc(Nc3ccccc3)nc2s1)N1C[C@H]2CNC[C@H]2C1. The molecule has 0 aliphatic carbocycles. The molecular formula is C18H18N4OS2. The summed E-state index contributed by atoms with van der Waals surface area (Å²) in [6, 6.07) is 12.0. The molecule has 2 atom stereocenters. The van der Waals surface area contributed by atoms with Gasteiger partial charge in [-0.25, -0.2) is 4.98 Å². The molecule has 2 fully saturated rings. The number of nitrogens with zero attached hydrogens (tertiary/aromatic N) is 2. The van der Waals surface area contributed by atoms with E-state index in [0.29, 0.717) is 11.8 Å². The summed E-state index contributed by atoms with van der Waals surface area (Å²) in [7, 11) is 0. The summed E-state index contributed by atoms with van der Waals surface area (Å²) in [5.41, 5.74) is 1.03. The molecule has 2 aliphatic rings. The molecule has 7 heteroatoms. The highest BCUT2D eigenvalue weighted by Crippen LogP contribution is 2.36. The third kappa shape index (κ3) is 2.82. The van der Waals surface area contributed by atoms with E-state index in [-0.39, 0.29) is 5.91 Å². The Balaban J connectivity index is 1.33. The van der Waals surface area contributed by atoms with Crippen LogP contribution in [-0.4, -0.2) is 42.0 Å². The van der Waals surface area contributed by atoms with Crippen LogP contribution >= 0.6 is 22.7 Å². The van der Waals surface area contributed by atoms with Gasteiger partial charge in [-0.1, -0.05) is 29.5 Å². The fourth-order valence-corrected chi connectivity index (χ4v) is 5.82. The van der Waals surface area contributed by atoms with Gasteiger partial charge in [0.1, 0.15) is 4.83 Å². The van der Waals surface area contributed by atoms with Crippen LogP contribution < -0.4 is 10.6 Å².